The lowest BCUT2D eigenvalue weighted by atomic mass is 10.2. The van der Waals surface area contributed by atoms with E-state index >= 15 is 0 Å². The smallest absolute Gasteiger partial charge is 0.148 e. The van der Waals surface area contributed by atoms with Gasteiger partial charge in [0.25, 0.3) is 0 Å². The highest BCUT2D eigenvalue weighted by molar-refractivity contribution is 7.16. The molecule has 16 heavy (non-hydrogen) atoms. The van der Waals surface area contributed by atoms with Gasteiger partial charge in [-0.2, -0.15) is 0 Å². The third-order valence-corrected chi connectivity index (χ3v) is 2.56. The summed E-state index contributed by atoms with van der Waals surface area (Å²) in [5.41, 5.74) is 3.64. The molecule has 0 saturated heterocycles. The van der Waals surface area contributed by atoms with Crippen molar-refractivity contribution >= 4 is 27.2 Å². The minimum Gasteiger partial charge on any atom is -0.357 e. The minimum absolute atomic E-state index is 0.273. The van der Waals surface area contributed by atoms with E-state index in [2.05, 4.69) is 16.9 Å². The molecule has 2 nitrogen and oxygen atoms in total. The first-order chi connectivity index (χ1) is 7.66. The third kappa shape index (κ3) is 2.79. The Morgan fingerprint density at radius 3 is 2.75 bits per heavy atom. The predicted octanol–water partition coefficient (Wildman–Crippen LogP) is 4.41. The summed E-state index contributed by atoms with van der Waals surface area (Å²) in [5.74, 6) is -0.273. The second-order valence-corrected chi connectivity index (χ2v) is 3.94. The van der Waals surface area contributed by atoms with Crippen molar-refractivity contribution in [1.29, 1.82) is 0 Å². The SMILES string of the molecule is C=C(C)Nc1cc2ncsc2cc1F.CC. The van der Waals surface area contributed by atoms with Crippen LogP contribution in [0, 0.1) is 5.82 Å². The lowest BCUT2D eigenvalue weighted by molar-refractivity contribution is 0.633. The highest BCUT2D eigenvalue weighted by Gasteiger charge is 2.05. The summed E-state index contributed by atoms with van der Waals surface area (Å²) in [6, 6.07) is 3.17. The molecule has 0 amide bonds. The average molecular weight is 238 g/mol. The van der Waals surface area contributed by atoms with Crippen molar-refractivity contribution in [2.24, 2.45) is 0 Å². The number of nitrogens with one attached hydrogen (secondary N) is 1. The second-order valence-electron chi connectivity index (χ2n) is 3.06. The van der Waals surface area contributed by atoms with Gasteiger partial charge in [-0.05, 0) is 19.1 Å². The summed E-state index contributed by atoms with van der Waals surface area (Å²) in [6.07, 6.45) is 0. The number of halogens is 1. The van der Waals surface area contributed by atoms with Crippen molar-refractivity contribution in [1.82, 2.24) is 4.98 Å². The molecule has 0 spiro atoms. The van der Waals surface area contributed by atoms with E-state index in [0.29, 0.717) is 11.4 Å². The van der Waals surface area contributed by atoms with Gasteiger partial charge >= 0.3 is 0 Å². The fourth-order valence-corrected chi connectivity index (χ4v) is 1.89. The Kier molecular flexibility index (Phi) is 4.43. The molecule has 0 saturated carbocycles. The van der Waals surface area contributed by atoms with Gasteiger partial charge in [0.1, 0.15) is 5.82 Å². The Bertz CT molecular complexity index is 491. The zero-order chi connectivity index (χ0) is 12.1. The minimum atomic E-state index is -0.273. The molecular formula is C12H15FN2S. The topological polar surface area (TPSA) is 24.9 Å². The standard InChI is InChI=1S/C10H9FN2S.C2H6/c1-6(2)13-8-4-9-10(3-7(8)11)14-5-12-9;1-2/h3-5,13H,1H2,2H3;1-2H3. The maximum atomic E-state index is 13.4. The summed E-state index contributed by atoms with van der Waals surface area (Å²) in [4.78, 5) is 4.11. The van der Waals surface area contributed by atoms with Crippen LogP contribution in [0.1, 0.15) is 20.8 Å². The molecule has 86 valence electrons. The van der Waals surface area contributed by atoms with Crippen molar-refractivity contribution in [3.05, 3.63) is 35.7 Å². The van der Waals surface area contributed by atoms with E-state index in [9.17, 15) is 4.39 Å². The maximum absolute atomic E-state index is 13.4. The van der Waals surface area contributed by atoms with Crippen molar-refractivity contribution in [3.8, 4) is 0 Å². The van der Waals surface area contributed by atoms with E-state index in [-0.39, 0.29) is 5.82 Å². The third-order valence-electron chi connectivity index (χ3n) is 1.77. The van der Waals surface area contributed by atoms with Crippen LogP contribution in [0.15, 0.2) is 29.9 Å². The van der Waals surface area contributed by atoms with Gasteiger partial charge in [-0.15, -0.1) is 11.3 Å². The molecule has 0 radical (unpaired) electrons. The van der Waals surface area contributed by atoms with Crippen LogP contribution in [0.2, 0.25) is 0 Å². The predicted molar refractivity (Wildman–Crippen MR) is 69.4 cm³/mol. The number of aromatic nitrogens is 1. The molecule has 0 aliphatic carbocycles. The highest BCUT2D eigenvalue weighted by atomic mass is 32.1. The van der Waals surface area contributed by atoms with E-state index in [1.807, 2.05) is 13.8 Å². The second kappa shape index (κ2) is 5.61. The molecule has 1 N–H and O–H groups in total. The van der Waals surface area contributed by atoms with Crippen molar-refractivity contribution in [2.75, 3.05) is 5.32 Å². The van der Waals surface area contributed by atoms with E-state index in [1.54, 1.807) is 18.5 Å². The summed E-state index contributed by atoms with van der Waals surface area (Å²) in [5, 5.41) is 2.85. The molecule has 1 heterocycles. The number of benzene rings is 1. The van der Waals surface area contributed by atoms with Gasteiger partial charge in [-0.3, -0.25) is 0 Å². The molecule has 0 unspecified atom stereocenters. The molecule has 4 heteroatoms. The number of anilines is 1. The quantitative estimate of drug-likeness (QED) is 0.838. The molecule has 1 aromatic carbocycles. The van der Waals surface area contributed by atoms with Crippen molar-refractivity contribution in [2.45, 2.75) is 20.8 Å². The molecular weight excluding hydrogens is 223 g/mol. The number of allylic oxidation sites excluding steroid dienone is 1. The van der Waals surface area contributed by atoms with Gasteiger partial charge in [0.2, 0.25) is 0 Å². The van der Waals surface area contributed by atoms with Gasteiger partial charge < -0.3 is 5.32 Å². The lowest BCUT2D eigenvalue weighted by Gasteiger charge is -2.05. The Morgan fingerprint density at radius 2 is 2.12 bits per heavy atom. The fraction of sp³-hybridized carbons (Fsp3) is 0.250. The number of nitrogens with zero attached hydrogens (tertiary/aromatic N) is 1. The first-order valence-corrected chi connectivity index (χ1v) is 6.00. The summed E-state index contributed by atoms with van der Waals surface area (Å²) < 4.78 is 14.3. The number of thiazole rings is 1. The number of fused-ring (bicyclic) bond motifs is 1. The van der Waals surface area contributed by atoms with Crippen LogP contribution in [-0.2, 0) is 0 Å². The van der Waals surface area contributed by atoms with Crippen LogP contribution in [0.4, 0.5) is 10.1 Å². The molecule has 2 rings (SSSR count). The van der Waals surface area contributed by atoms with E-state index in [4.69, 9.17) is 0 Å². The van der Waals surface area contributed by atoms with Crippen LogP contribution >= 0.6 is 11.3 Å². The monoisotopic (exact) mass is 238 g/mol. The lowest BCUT2D eigenvalue weighted by Crippen LogP contribution is -1.96. The molecule has 0 aliphatic rings. The van der Waals surface area contributed by atoms with E-state index in [0.717, 1.165) is 10.2 Å². The van der Waals surface area contributed by atoms with E-state index < -0.39 is 0 Å². The van der Waals surface area contributed by atoms with Gasteiger partial charge in [0.15, 0.2) is 0 Å². The van der Waals surface area contributed by atoms with Crippen molar-refractivity contribution < 1.29 is 4.39 Å². The van der Waals surface area contributed by atoms with Crippen LogP contribution < -0.4 is 5.32 Å². The fourth-order valence-electron chi connectivity index (χ4n) is 1.20. The summed E-state index contributed by atoms with van der Waals surface area (Å²) in [7, 11) is 0. The largest absolute Gasteiger partial charge is 0.357 e. The summed E-state index contributed by atoms with van der Waals surface area (Å²) >= 11 is 1.43. The molecule has 0 aliphatic heterocycles. The maximum Gasteiger partial charge on any atom is 0.148 e. The van der Waals surface area contributed by atoms with Crippen LogP contribution in [0.25, 0.3) is 10.2 Å². The Labute approximate surface area is 98.8 Å². The van der Waals surface area contributed by atoms with E-state index in [1.165, 1.54) is 17.4 Å². The average Bonchev–Trinajstić information content (AvgIpc) is 2.68. The van der Waals surface area contributed by atoms with Crippen molar-refractivity contribution in [3.63, 3.8) is 0 Å². The molecule has 1 aromatic heterocycles. The van der Waals surface area contributed by atoms with Gasteiger partial charge in [-0.25, -0.2) is 9.37 Å². The Hall–Kier alpha value is -1.42. The van der Waals surface area contributed by atoms with Crippen LogP contribution in [0.5, 0.6) is 0 Å². The number of rotatable bonds is 2. The Morgan fingerprint density at radius 1 is 1.44 bits per heavy atom. The molecule has 0 fully saturated rings. The van der Waals surface area contributed by atoms with Gasteiger partial charge in [-0.1, -0.05) is 20.4 Å². The number of hydrogen-bond acceptors (Lipinski definition) is 3. The molecule has 0 bridgehead atoms. The molecule has 2 aromatic rings. The zero-order valence-corrected chi connectivity index (χ0v) is 10.5. The van der Waals surface area contributed by atoms with Crippen LogP contribution in [0.3, 0.4) is 0 Å². The summed E-state index contributed by atoms with van der Waals surface area (Å²) in [6.45, 7) is 9.45. The molecule has 0 atom stereocenters. The first kappa shape index (κ1) is 12.6. The van der Waals surface area contributed by atoms with Gasteiger partial charge in [0.05, 0.1) is 21.4 Å². The highest BCUT2D eigenvalue weighted by Crippen LogP contribution is 2.25. The zero-order valence-electron chi connectivity index (χ0n) is 9.67. The van der Waals surface area contributed by atoms with Gasteiger partial charge in [0, 0.05) is 5.70 Å². The Balaban J connectivity index is 0.000000606. The number of hydrogen-bond donors (Lipinski definition) is 1. The van der Waals surface area contributed by atoms with Crippen LogP contribution in [-0.4, -0.2) is 4.98 Å². The first-order valence-electron chi connectivity index (χ1n) is 5.12. The normalized spacial score (nSPS) is 9.50.